The Bertz CT molecular complexity index is 736. The fourth-order valence-electron chi connectivity index (χ4n) is 3.96. The van der Waals surface area contributed by atoms with Gasteiger partial charge in [0, 0.05) is 12.8 Å². The number of rotatable bonds is 15. The molecule has 39 heavy (non-hydrogen) atoms. The second-order valence-corrected chi connectivity index (χ2v) is 9.48. The standard InChI is InChI=1S/C24H42O15/c1-3-5-6-7-16(27)37-12(9-34-15(26)4-2)10-35-23-22(33)20(31)18(29)14(39-23)11-36-24-21(32)19(30)17(28)13(8-25)38-24/h12-14,17-25,28-33H,3-11H2,1-2H3. The monoisotopic (exact) mass is 570 g/mol. The van der Waals surface area contributed by atoms with Crippen molar-refractivity contribution in [1.29, 1.82) is 0 Å². The molecule has 0 aliphatic carbocycles. The summed E-state index contributed by atoms with van der Waals surface area (Å²) >= 11 is 0. The first kappa shape index (κ1) is 33.7. The van der Waals surface area contributed by atoms with E-state index in [4.69, 9.17) is 28.4 Å². The Balaban J connectivity index is 1.99. The number of unbranched alkanes of at least 4 members (excludes halogenated alkanes) is 2. The minimum atomic E-state index is -1.75. The fourth-order valence-corrected chi connectivity index (χ4v) is 3.96. The molecular weight excluding hydrogens is 528 g/mol. The third-order valence-corrected chi connectivity index (χ3v) is 6.39. The summed E-state index contributed by atoms with van der Waals surface area (Å²) < 4.78 is 32.1. The number of hydrogen-bond donors (Lipinski definition) is 7. The number of aliphatic hydroxyl groups is 7. The average molecular weight is 571 g/mol. The van der Waals surface area contributed by atoms with Crippen LogP contribution in [0.4, 0.5) is 0 Å². The van der Waals surface area contributed by atoms with Gasteiger partial charge >= 0.3 is 11.9 Å². The van der Waals surface area contributed by atoms with Crippen LogP contribution in [0.3, 0.4) is 0 Å². The summed E-state index contributed by atoms with van der Waals surface area (Å²) in [7, 11) is 0. The summed E-state index contributed by atoms with van der Waals surface area (Å²) in [6.45, 7) is 1.67. The molecule has 2 fully saturated rings. The smallest absolute Gasteiger partial charge is 0.306 e. The molecule has 2 saturated heterocycles. The van der Waals surface area contributed by atoms with Crippen LogP contribution in [-0.4, -0.2) is 142 Å². The van der Waals surface area contributed by atoms with Gasteiger partial charge in [0.1, 0.15) is 55.4 Å². The van der Waals surface area contributed by atoms with Crippen LogP contribution in [0.1, 0.15) is 46.0 Å². The second-order valence-electron chi connectivity index (χ2n) is 9.48. The zero-order valence-electron chi connectivity index (χ0n) is 22.1. The largest absolute Gasteiger partial charge is 0.462 e. The summed E-state index contributed by atoms with van der Waals surface area (Å²) in [6.07, 6.45) is -14.2. The lowest BCUT2D eigenvalue weighted by atomic mass is 9.98. The molecule has 0 radical (unpaired) electrons. The Morgan fingerprint density at radius 3 is 1.92 bits per heavy atom. The van der Waals surface area contributed by atoms with Gasteiger partial charge in [0.05, 0.1) is 19.8 Å². The molecule has 0 saturated carbocycles. The van der Waals surface area contributed by atoms with E-state index in [1.807, 2.05) is 6.92 Å². The van der Waals surface area contributed by atoms with Crippen molar-refractivity contribution >= 4 is 11.9 Å². The van der Waals surface area contributed by atoms with Crippen molar-refractivity contribution in [2.24, 2.45) is 0 Å². The molecule has 0 aromatic rings. The van der Waals surface area contributed by atoms with Crippen LogP contribution in [-0.2, 0) is 38.0 Å². The normalized spacial score (nSPS) is 35.8. The number of carbonyl (C=O) groups is 2. The highest BCUT2D eigenvalue weighted by Gasteiger charge is 2.47. The first-order valence-corrected chi connectivity index (χ1v) is 13.1. The van der Waals surface area contributed by atoms with E-state index in [-0.39, 0.29) is 26.1 Å². The van der Waals surface area contributed by atoms with Crippen LogP contribution >= 0.6 is 0 Å². The van der Waals surface area contributed by atoms with Gasteiger partial charge in [-0.2, -0.15) is 0 Å². The maximum absolute atomic E-state index is 12.2. The summed E-state index contributed by atoms with van der Waals surface area (Å²) in [5.41, 5.74) is 0. The van der Waals surface area contributed by atoms with Gasteiger partial charge in [-0.05, 0) is 6.42 Å². The maximum atomic E-state index is 12.2. The van der Waals surface area contributed by atoms with Gasteiger partial charge in [-0.1, -0.05) is 26.7 Å². The molecule has 228 valence electrons. The lowest BCUT2D eigenvalue weighted by Crippen LogP contribution is -2.61. The van der Waals surface area contributed by atoms with E-state index >= 15 is 0 Å². The van der Waals surface area contributed by atoms with E-state index in [0.717, 1.165) is 12.8 Å². The molecule has 2 rings (SSSR count). The van der Waals surface area contributed by atoms with E-state index in [1.54, 1.807) is 6.92 Å². The Labute approximate surface area is 226 Å². The van der Waals surface area contributed by atoms with Crippen LogP contribution in [0.5, 0.6) is 0 Å². The lowest BCUT2D eigenvalue weighted by molar-refractivity contribution is -0.332. The van der Waals surface area contributed by atoms with Gasteiger partial charge in [0.25, 0.3) is 0 Å². The van der Waals surface area contributed by atoms with E-state index in [9.17, 15) is 45.3 Å². The summed E-state index contributed by atoms with van der Waals surface area (Å²) in [6, 6.07) is 0. The Hall–Kier alpha value is -1.50. The molecule has 2 aliphatic rings. The van der Waals surface area contributed by atoms with Crippen molar-refractivity contribution in [3.05, 3.63) is 0 Å². The lowest BCUT2D eigenvalue weighted by Gasteiger charge is -2.42. The quantitative estimate of drug-likeness (QED) is 0.0772. The maximum Gasteiger partial charge on any atom is 0.306 e. The predicted molar refractivity (Wildman–Crippen MR) is 128 cm³/mol. The predicted octanol–water partition coefficient (Wildman–Crippen LogP) is -2.93. The third-order valence-electron chi connectivity index (χ3n) is 6.39. The van der Waals surface area contributed by atoms with Gasteiger partial charge in [0.15, 0.2) is 18.7 Å². The van der Waals surface area contributed by atoms with E-state index < -0.39 is 92.7 Å². The summed E-state index contributed by atoms with van der Waals surface area (Å²) in [4.78, 5) is 23.8. The fraction of sp³-hybridized carbons (Fsp3) is 0.917. The molecule has 15 nitrogen and oxygen atoms in total. The highest BCUT2D eigenvalue weighted by atomic mass is 16.7. The molecule has 11 atom stereocenters. The molecule has 0 amide bonds. The minimum Gasteiger partial charge on any atom is -0.462 e. The molecule has 0 aromatic carbocycles. The van der Waals surface area contributed by atoms with Gasteiger partial charge in [-0.3, -0.25) is 9.59 Å². The molecule has 0 aromatic heterocycles. The zero-order chi connectivity index (χ0) is 29.1. The molecule has 7 N–H and O–H groups in total. The Kier molecular flexibility index (Phi) is 14.4. The molecular formula is C24H42O15. The van der Waals surface area contributed by atoms with E-state index in [2.05, 4.69) is 0 Å². The highest BCUT2D eigenvalue weighted by molar-refractivity contribution is 5.70. The topological polar surface area (TPSA) is 231 Å². The minimum absolute atomic E-state index is 0.0999. The Morgan fingerprint density at radius 2 is 1.33 bits per heavy atom. The zero-order valence-corrected chi connectivity index (χ0v) is 22.1. The summed E-state index contributed by atoms with van der Waals surface area (Å²) in [5.74, 6) is -1.06. The number of carbonyl (C=O) groups excluding carboxylic acids is 2. The van der Waals surface area contributed by atoms with Crippen molar-refractivity contribution in [2.75, 3.05) is 26.4 Å². The van der Waals surface area contributed by atoms with Crippen LogP contribution in [0, 0.1) is 0 Å². The molecule has 11 unspecified atom stereocenters. The highest BCUT2D eigenvalue weighted by Crippen LogP contribution is 2.26. The SMILES string of the molecule is CCCCCC(=O)OC(COC(=O)CC)COC1OC(COC2OC(CO)C(O)C(O)C2O)C(O)C(O)C1O. The van der Waals surface area contributed by atoms with Crippen molar-refractivity contribution < 1.29 is 73.8 Å². The summed E-state index contributed by atoms with van der Waals surface area (Å²) in [5, 5.41) is 70.2. The van der Waals surface area contributed by atoms with Gasteiger partial charge in [0.2, 0.25) is 0 Å². The molecule has 0 spiro atoms. The van der Waals surface area contributed by atoms with Gasteiger partial charge in [-0.15, -0.1) is 0 Å². The van der Waals surface area contributed by atoms with Crippen molar-refractivity contribution in [3.8, 4) is 0 Å². The van der Waals surface area contributed by atoms with Crippen molar-refractivity contribution in [2.45, 2.75) is 113 Å². The van der Waals surface area contributed by atoms with E-state index in [0.29, 0.717) is 6.42 Å². The molecule has 2 aliphatic heterocycles. The van der Waals surface area contributed by atoms with Crippen LogP contribution in [0.15, 0.2) is 0 Å². The third kappa shape index (κ3) is 9.82. The van der Waals surface area contributed by atoms with Crippen molar-refractivity contribution in [1.82, 2.24) is 0 Å². The number of hydrogen-bond acceptors (Lipinski definition) is 15. The van der Waals surface area contributed by atoms with Crippen molar-refractivity contribution in [3.63, 3.8) is 0 Å². The first-order valence-electron chi connectivity index (χ1n) is 13.1. The molecule has 2 heterocycles. The van der Waals surface area contributed by atoms with Crippen LogP contribution in [0.25, 0.3) is 0 Å². The molecule has 0 bridgehead atoms. The van der Waals surface area contributed by atoms with Gasteiger partial charge < -0.3 is 64.2 Å². The van der Waals surface area contributed by atoms with E-state index in [1.165, 1.54) is 0 Å². The Morgan fingerprint density at radius 1 is 0.744 bits per heavy atom. The second kappa shape index (κ2) is 16.7. The first-order chi connectivity index (χ1) is 18.5. The number of ether oxygens (including phenoxy) is 6. The van der Waals surface area contributed by atoms with Crippen LogP contribution < -0.4 is 0 Å². The molecule has 15 heteroatoms. The number of aliphatic hydroxyl groups excluding tert-OH is 7. The van der Waals surface area contributed by atoms with Gasteiger partial charge in [-0.25, -0.2) is 0 Å². The van der Waals surface area contributed by atoms with Crippen LogP contribution in [0.2, 0.25) is 0 Å². The number of esters is 2. The average Bonchev–Trinajstić information content (AvgIpc) is 2.92.